The zero-order chi connectivity index (χ0) is 24.7. The second-order valence-corrected chi connectivity index (χ2v) is 6.35. The molecule has 0 N–H and O–H groups in total. The van der Waals surface area contributed by atoms with Crippen molar-refractivity contribution < 1.29 is 51.7 Å². The first-order chi connectivity index (χ1) is 14.5. The molecule has 0 aliphatic rings. The van der Waals surface area contributed by atoms with Crippen molar-refractivity contribution >= 4 is 0 Å². The molecule has 0 saturated carbocycles. The Morgan fingerprint density at radius 3 is 0.387 bits per heavy atom. The van der Waals surface area contributed by atoms with Gasteiger partial charge in [0.25, 0.3) is 0 Å². The van der Waals surface area contributed by atoms with E-state index >= 15 is 0 Å². The third-order valence-corrected chi connectivity index (χ3v) is 2.99. The maximum absolute atomic E-state index is 9.53. The fraction of sp³-hybridized carbons (Fsp3) is 1.00. The van der Waals surface area contributed by atoms with Crippen LogP contribution < -0.4 is 30.6 Å². The second kappa shape index (κ2) is 77.6. The van der Waals surface area contributed by atoms with E-state index in [4.69, 9.17) is 0 Å². The van der Waals surface area contributed by atoms with Crippen LogP contribution in [0.5, 0.6) is 0 Å². The fourth-order valence-electron chi connectivity index (χ4n) is 0.866. The topological polar surface area (TPSA) is 138 Å². The van der Waals surface area contributed by atoms with Crippen LogP contribution in [0.3, 0.4) is 0 Å². The maximum atomic E-state index is 9.53. The molecule has 0 atom stereocenters. The molecule has 0 bridgehead atoms. The Kier molecular flexibility index (Phi) is 122. The summed E-state index contributed by atoms with van der Waals surface area (Å²) in [7, 11) is 0. The minimum atomic E-state index is 0. The van der Waals surface area contributed by atoms with Gasteiger partial charge in [-0.1, -0.05) is 119 Å². The second-order valence-electron chi connectivity index (χ2n) is 6.35. The van der Waals surface area contributed by atoms with Crippen molar-refractivity contribution in [1.29, 1.82) is 0 Å². The first kappa shape index (κ1) is 48.8. The predicted octanol–water partition coefficient (Wildman–Crippen LogP) is 0.878. The average molecular weight is 535 g/mol. The fourth-order valence-corrected chi connectivity index (χ4v) is 0.866. The summed E-state index contributed by atoms with van der Waals surface area (Å²) < 4.78 is 0. The molecule has 0 spiro atoms. The van der Waals surface area contributed by atoms with Crippen molar-refractivity contribution in [3.8, 4) is 0 Å². The van der Waals surface area contributed by atoms with Crippen LogP contribution in [0.25, 0.3) is 0 Å². The van der Waals surface area contributed by atoms with Crippen molar-refractivity contribution in [2.45, 2.75) is 119 Å². The van der Waals surface area contributed by atoms with Crippen molar-refractivity contribution in [1.82, 2.24) is 0 Å². The largest absolute Gasteiger partial charge is 0.854 e. The zero-order valence-electron chi connectivity index (χ0n) is 21.6. The molecule has 0 aromatic heterocycles. The van der Waals surface area contributed by atoms with Gasteiger partial charge < -0.3 is 30.6 Å². The van der Waals surface area contributed by atoms with E-state index in [1.807, 2.05) is 41.5 Å². The normalized spacial score (nSPS) is 8.13. The van der Waals surface area contributed by atoms with Crippen LogP contribution in [0, 0.1) is 0 Å². The van der Waals surface area contributed by atoms with E-state index in [2.05, 4.69) is 0 Å². The van der Waals surface area contributed by atoms with E-state index in [1.54, 1.807) is 0 Å². The summed E-state index contributed by atoms with van der Waals surface area (Å²) in [6.45, 7) is 12.6. The number of unbranched alkanes of at least 4 members (excludes halogenated alkanes) is 6. The minimum Gasteiger partial charge on any atom is -0.854 e. The molecule has 0 radical (unpaired) electrons. The monoisotopic (exact) mass is 536 g/mol. The Hall–Kier alpha value is 0.448. The van der Waals surface area contributed by atoms with Gasteiger partial charge in [-0.25, -0.2) is 0 Å². The van der Waals surface area contributed by atoms with Gasteiger partial charge in [-0.05, 0) is 0 Å². The Morgan fingerprint density at radius 1 is 0.290 bits per heavy atom. The van der Waals surface area contributed by atoms with Crippen LogP contribution in [0.4, 0.5) is 0 Å². The molecule has 0 fully saturated rings. The van der Waals surface area contributed by atoms with E-state index in [0.29, 0.717) is 0 Å². The molecule has 6 nitrogen and oxygen atoms in total. The summed E-state index contributed by atoms with van der Waals surface area (Å²) in [5.41, 5.74) is 0. The summed E-state index contributed by atoms with van der Waals surface area (Å²) in [4.78, 5) is 0. The van der Waals surface area contributed by atoms with Gasteiger partial charge >= 0.3 is 0 Å². The van der Waals surface area contributed by atoms with Gasteiger partial charge in [-0.3, -0.25) is 0 Å². The van der Waals surface area contributed by atoms with Crippen LogP contribution >= 0.6 is 0 Å². The quantitative estimate of drug-likeness (QED) is 0.341. The van der Waals surface area contributed by atoms with Crippen LogP contribution in [-0.2, 0) is 21.1 Å². The van der Waals surface area contributed by atoms with Gasteiger partial charge in [-0.2, -0.15) is 0 Å². The third-order valence-electron chi connectivity index (χ3n) is 2.99. The molecule has 0 aromatic rings. The number of rotatable bonds is 12. The van der Waals surface area contributed by atoms with Crippen molar-refractivity contribution in [3.05, 3.63) is 0 Å². The van der Waals surface area contributed by atoms with Crippen molar-refractivity contribution in [2.24, 2.45) is 0 Å². The molecule has 198 valence electrons. The summed E-state index contributed by atoms with van der Waals surface area (Å²) in [5, 5.41) is 57.2. The Labute approximate surface area is 209 Å². The molecule has 0 saturated heterocycles. The van der Waals surface area contributed by atoms with E-state index in [9.17, 15) is 30.6 Å². The van der Waals surface area contributed by atoms with Gasteiger partial charge in [0.05, 0.1) is 0 Å². The summed E-state index contributed by atoms with van der Waals surface area (Å²) in [6.07, 6.45) is 11.2. The molecule has 0 rings (SSSR count). The molecule has 31 heavy (non-hydrogen) atoms. The molecule has 7 heteroatoms. The van der Waals surface area contributed by atoms with Crippen LogP contribution in [0.1, 0.15) is 119 Å². The molecule has 0 amide bonds. The predicted molar refractivity (Wildman–Crippen MR) is 119 cm³/mol. The van der Waals surface area contributed by atoms with Crippen LogP contribution in [-0.4, -0.2) is 39.6 Å². The van der Waals surface area contributed by atoms with Gasteiger partial charge in [0.2, 0.25) is 0 Å². The van der Waals surface area contributed by atoms with E-state index in [1.165, 1.54) is 0 Å². The number of hydrogen-bond acceptors (Lipinski definition) is 6. The Bertz CT molecular complexity index is 120. The molecule has 0 aromatic carbocycles. The summed E-state index contributed by atoms with van der Waals surface area (Å²) >= 11 is 0. The molecule has 0 aliphatic carbocycles. The van der Waals surface area contributed by atoms with Crippen LogP contribution in [0.2, 0.25) is 0 Å². The molecule has 0 unspecified atom stereocenters. The minimum absolute atomic E-state index is 0. The van der Waals surface area contributed by atoms with Gasteiger partial charge in [0, 0.05) is 21.1 Å². The zero-order valence-corrected chi connectivity index (χ0v) is 23.6. The van der Waals surface area contributed by atoms with Crippen molar-refractivity contribution in [2.75, 3.05) is 39.6 Å². The third kappa shape index (κ3) is 159. The smallest absolute Gasteiger partial charge is 0 e. The maximum Gasteiger partial charge on any atom is 0 e. The van der Waals surface area contributed by atoms with Gasteiger partial charge in [0.15, 0.2) is 0 Å². The van der Waals surface area contributed by atoms with E-state index in [0.717, 1.165) is 77.0 Å². The molecular weight excluding hydrogens is 480 g/mol. The van der Waals surface area contributed by atoms with E-state index in [-0.39, 0.29) is 60.7 Å². The Morgan fingerprint density at radius 2 is 0.387 bits per heavy atom. The molecule has 0 aliphatic heterocycles. The van der Waals surface area contributed by atoms with Crippen LogP contribution in [0.15, 0.2) is 0 Å². The summed E-state index contributed by atoms with van der Waals surface area (Å²) in [5.74, 6) is 0. The van der Waals surface area contributed by atoms with Gasteiger partial charge in [0.1, 0.15) is 0 Å². The molecule has 0 heterocycles. The standard InChI is InChI=1S/6C4H9O.Mo/c6*1-2-3-4-5;/h6*2-4H2,1H3;/q6*-1;. The van der Waals surface area contributed by atoms with Gasteiger partial charge in [-0.15, -0.1) is 39.6 Å². The van der Waals surface area contributed by atoms with E-state index < -0.39 is 0 Å². The number of hydrogen-bond donors (Lipinski definition) is 0. The summed E-state index contributed by atoms with van der Waals surface area (Å²) in [6, 6.07) is 0. The first-order valence-corrected chi connectivity index (χ1v) is 12.0. The SMILES string of the molecule is CCCC[O-].CCCC[O-].CCCC[O-].CCCC[O-].CCCC[O-].CCCC[O-].[Mo]. The van der Waals surface area contributed by atoms with Crippen molar-refractivity contribution in [3.63, 3.8) is 0 Å². The average Bonchev–Trinajstić information content (AvgIpc) is 2.74. The Balaban J connectivity index is -0.0000000443. The first-order valence-electron chi connectivity index (χ1n) is 12.0. The molecular formula is C24H54MoO6-6.